The molecule has 2 N–H and O–H groups in total. The highest BCUT2D eigenvalue weighted by Crippen LogP contribution is 2.10. The van der Waals surface area contributed by atoms with Crippen LogP contribution in [0.15, 0.2) is 47.4 Å². The number of anilines is 1. The minimum Gasteiger partial charge on any atom is -0.398 e. The summed E-state index contributed by atoms with van der Waals surface area (Å²) in [5.41, 5.74) is 7.45. The number of nitrogen functional groups attached to an aromatic ring is 1. The van der Waals surface area contributed by atoms with E-state index in [1.165, 1.54) is 11.6 Å². The van der Waals surface area contributed by atoms with Crippen LogP contribution in [-0.4, -0.2) is 23.1 Å². The number of hydrogen-bond acceptors (Lipinski definition) is 3. The van der Waals surface area contributed by atoms with Crippen molar-refractivity contribution in [2.75, 3.05) is 19.3 Å². The number of aromatic nitrogens is 1. The monoisotopic (exact) mass is 291 g/mol. The van der Waals surface area contributed by atoms with Gasteiger partial charge in [-0.1, -0.05) is 23.7 Å². The summed E-state index contributed by atoms with van der Waals surface area (Å²) in [6.45, 7) is 2.20. The van der Waals surface area contributed by atoms with E-state index >= 15 is 0 Å². The molecule has 0 saturated carbocycles. The highest BCUT2D eigenvalue weighted by Gasteiger charge is 2.02. The van der Waals surface area contributed by atoms with E-state index in [4.69, 9.17) is 17.3 Å². The quantitative estimate of drug-likeness (QED) is 0.919. The van der Waals surface area contributed by atoms with Crippen LogP contribution < -0.4 is 11.3 Å². The fourth-order valence-corrected chi connectivity index (χ4v) is 2.11. The van der Waals surface area contributed by atoms with Gasteiger partial charge in [0.2, 0.25) is 0 Å². The molecular formula is C15H18ClN3O. The number of hydrogen-bond donors (Lipinski definition) is 1. The largest absolute Gasteiger partial charge is 0.398 e. The number of nitrogens with two attached hydrogens (primary N) is 1. The Morgan fingerprint density at radius 1 is 1.20 bits per heavy atom. The van der Waals surface area contributed by atoms with Crippen molar-refractivity contribution in [3.63, 3.8) is 0 Å². The van der Waals surface area contributed by atoms with E-state index in [0.717, 1.165) is 18.1 Å². The summed E-state index contributed by atoms with van der Waals surface area (Å²) >= 11 is 5.86. The lowest BCUT2D eigenvalue weighted by Gasteiger charge is -2.17. The number of rotatable bonds is 5. The van der Waals surface area contributed by atoms with Gasteiger partial charge in [0.15, 0.2) is 0 Å². The molecule has 20 heavy (non-hydrogen) atoms. The van der Waals surface area contributed by atoms with E-state index in [-0.39, 0.29) is 5.56 Å². The lowest BCUT2D eigenvalue weighted by molar-refractivity contribution is 0.310. The van der Waals surface area contributed by atoms with Crippen molar-refractivity contribution in [2.45, 2.75) is 13.1 Å². The standard InChI is InChI=1S/C15H18ClN3O/c1-18(10-12-2-4-13(16)5-3-12)8-9-19-11-14(17)6-7-15(19)20/h2-7,11H,8-10,17H2,1H3. The number of likely N-dealkylation sites (N-methyl/N-ethyl adjacent to an activating group) is 1. The predicted octanol–water partition coefficient (Wildman–Crippen LogP) is 2.22. The Bertz CT molecular complexity index is 622. The molecule has 0 atom stereocenters. The summed E-state index contributed by atoms with van der Waals surface area (Å²) in [5, 5.41) is 0.739. The average molecular weight is 292 g/mol. The number of halogens is 1. The van der Waals surface area contributed by atoms with Gasteiger partial charge in [0.05, 0.1) is 0 Å². The van der Waals surface area contributed by atoms with Gasteiger partial charge in [-0.2, -0.15) is 0 Å². The molecule has 2 aromatic rings. The third-order valence-corrected chi connectivity index (χ3v) is 3.35. The summed E-state index contributed by atoms with van der Waals surface area (Å²) in [7, 11) is 2.02. The second-order valence-electron chi connectivity index (χ2n) is 4.86. The molecule has 1 heterocycles. The number of benzene rings is 1. The Morgan fingerprint density at radius 3 is 2.60 bits per heavy atom. The van der Waals surface area contributed by atoms with Crippen LogP contribution in [0.4, 0.5) is 5.69 Å². The summed E-state index contributed by atoms with van der Waals surface area (Å²) < 4.78 is 1.63. The smallest absolute Gasteiger partial charge is 0.250 e. The molecule has 0 unspecified atom stereocenters. The molecule has 1 aromatic heterocycles. The number of pyridine rings is 1. The molecule has 0 aliphatic heterocycles. The van der Waals surface area contributed by atoms with Crippen LogP contribution in [0, 0.1) is 0 Å². The molecule has 0 radical (unpaired) electrons. The molecule has 4 nitrogen and oxygen atoms in total. The van der Waals surface area contributed by atoms with Crippen molar-refractivity contribution in [3.8, 4) is 0 Å². The van der Waals surface area contributed by atoms with E-state index in [1.807, 2.05) is 31.3 Å². The molecule has 0 spiro atoms. The van der Waals surface area contributed by atoms with Crippen LogP contribution in [0.3, 0.4) is 0 Å². The Labute approximate surface area is 123 Å². The van der Waals surface area contributed by atoms with Gasteiger partial charge in [-0.3, -0.25) is 4.79 Å². The molecule has 106 valence electrons. The van der Waals surface area contributed by atoms with Crippen molar-refractivity contribution < 1.29 is 0 Å². The van der Waals surface area contributed by atoms with Gasteiger partial charge in [-0.05, 0) is 30.8 Å². The third-order valence-electron chi connectivity index (χ3n) is 3.09. The zero-order valence-electron chi connectivity index (χ0n) is 11.4. The highest BCUT2D eigenvalue weighted by molar-refractivity contribution is 6.30. The molecule has 0 amide bonds. The van der Waals surface area contributed by atoms with E-state index < -0.39 is 0 Å². The zero-order valence-corrected chi connectivity index (χ0v) is 12.2. The second kappa shape index (κ2) is 6.59. The maximum absolute atomic E-state index is 11.7. The van der Waals surface area contributed by atoms with E-state index in [1.54, 1.807) is 16.8 Å². The molecule has 0 fully saturated rings. The van der Waals surface area contributed by atoms with Crippen molar-refractivity contribution >= 4 is 17.3 Å². The van der Waals surface area contributed by atoms with Gasteiger partial charge in [0.1, 0.15) is 0 Å². The molecule has 2 rings (SSSR count). The average Bonchev–Trinajstić information content (AvgIpc) is 2.42. The molecule has 0 saturated heterocycles. The van der Waals surface area contributed by atoms with Crippen LogP contribution >= 0.6 is 11.6 Å². The van der Waals surface area contributed by atoms with E-state index in [0.29, 0.717) is 12.2 Å². The minimum atomic E-state index is -0.0286. The first kappa shape index (κ1) is 14.6. The molecule has 0 aliphatic rings. The van der Waals surface area contributed by atoms with Gasteiger partial charge < -0.3 is 15.2 Å². The first-order valence-corrected chi connectivity index (χ1v) is 6.81. The fourth-order valence-electron chi connectivity index (χ4n) is 1.98. The summed E-state index contributed by atoms with van der Waals surface area (Å²) in [6.07, 6.45) is 1.68. The van der Waals surface area contributed by atoms with Crippen molar-refractivity contribution in [1.82, 2.24) is 9.47 Å². The van der Waals surface area contributed by atoms with Crippen LogP contribution in [0.1, 0.15) is 5.56 Å². The Balaban J connectivity index is 1.92. The molecule has 0 aliphatic carbocycles. The maximum atomic E-state index is 11.7. The number of nitrogens with zero attached hydrogens (tertiary/aromatic N) is 2. The highest BCUT2D eigenvalue weighted by atomic mass is 35.5. The van der Waals surface area contributed by atoms with Crippen molar-refractivity contribution in [3.05, 3.63) is 63.5 Å². The fraction of sp³-hybridized carbons (Fsp3) is 0.267. The normalized spacial score (nSPS) is 10.9. The maximum Gasteiger partial charge on any atom is 0.250 e. The summed E-state index contributed by atoms with van der Waals surface area (Å²) in [5.74, 6) is 0. The molecule has 5 heteroatoms. The predicted molar refractivity (Wildman–Crippen MR) is 82.9 cm³/mol. The third kappa shape index (κ3) is 4.11. The van der Waals surface area contributed by atoms with Crippen molar-refractivity contribution in [1.29, 1.82) is 0 Å². The summed E-state index contributed by atoms with van der Waals surface area (Å²) in [4.78, 5) is 13.8. The van der Waals surface area contributed by atoms with E-state index in [2.05, 4.69) is 4.90 Å². The molecule has 0 bridgehead atoms. The Hall–Kier alpha value is -1.78. The minimum absolute atomic E-state index is 0.0286. The van der Waals surface area contributed by atoms with Crippen LogP contribution in [0.5, 0.6) is 0 Å². The van der Waals surface area contributed by atoms with E-state index in [9.17, 15) is 4.79 Å². The van der Waals surface area contributed by atoms with Gasteiger partial charge in [-0.25, -0.2) is 0 Å². The van der Waals surface area contributed by atoms with Gasteiger partial charge >= 0.3 is 0 Å². The SMILES string of the molecule is CN(CCn1cc(N)ccc1=O)Cc1ccc(Cl)cc1. The Kier molecular flexibility index (Phi) is 4.82. The zero-order chi connectivity index (χ0) is 14.5. The Morgan fingerprint density at radius 2 is 1.90 bits per heavy atom. The first-order valence-electron chi connectivity index (χ1n) is 6.43. The van der Waals surface area contributed by atoms with Crippen LogP contribution in [0.25, 0.3) is 0 Å². The lowest BCUT2D eigenvalue weighted by Crippen LogP contribution is -2.27. The van der Waals surface area contributed by atoms with Gasteiger partial charge in [-0.15, -0.1) is 0 Å². The van der Waals surface area contributed by atoms with Gasteiger partial charge in [0.25, 0.3) is 5.56 Å². The van der Waals surface area contributed by atoms with Gasteiger partial charge in [0, 0.05) is 42.6 Å². The van der Waals surface area contributed by atoms with Crippen LogP contribution in [-0.2, 0) is 13.1 Å². The molecular weight excluding hydrogens is 274 g/mol. The topological polar surface area (TPSA) is 51.3 Å². The first-order chi connectivity index (χ1) is 9.54. The lowest BCUT2D eigenvalue weighted by atomic mass is 10.2. The van der Waals surface area contributed by atoms with Crippen molar-refractivity contribution in [2.24, 2.45) is 0 Å². The second-order valence-corrected chi connectivity index (χ2v) is 5.29. The van der Waals surface area contributed by atoms with Crippen LogP contribution in [0.2, 0.25) is 5.02 Å². The summed E-state index contributed by atoms with van der Waals surface area (Å²) in [6, 6.07) is 10.9. The molecule has 1 aromatic carbocycles.